The summed E-state index contributed by atoms with van der Waals surface area (Å²) in [5, 5.41) is 13.6. The molecule has 0 bridgehead atoms. The molecular formula is C29H38FN3O4. The lowest BCUT2D eigenvalue weighted by molar-refractivity contribution is -0.143. The van der Waals surface area contributed by atoms with E-state index in [0.29, 0.717) is 38.5 Å². The maximum atomic E-state index is 14.3. The third kappa shape index (κ3) is 6.48. The van der Waals surface area contributed by atoms with Crippen molar-refractivity contribution in [1.29, 1.82) is 0 Å². The maximum absolute atomic E-state index is 14.3. The average Bonchev–Trinajstić information content (AvgIpc) is 3.37. The molecule has 0 radical (unpaired) electrons. The zero-order chi connectivity index (χ0) is 25.6. The smallest absolute Gasteiger partial charge is 0.325 e. The number of rotatable bonds is 10. The Morgan fingerprint density at radius 2 is 2.16 bits per heavy atom. The van der Waals surface area contributed by atoms with E-state index in [4.69, 9.17) is 14.5 Å². The number of carbonyl (C=O) groups is 1. The highest BCUT2D eigenvalue weighted by atomic mass is 19.1. The standard InChI is InChI=1S/C29H38FN3O4/c30-22-9-11-24(26-7-1-2-16-37-26)25(17-22)27(29(34)35)33-14-12-20(18-33)19-36-15-4-6-23-10-8-21-5-3-13-31-28(21)32-23/h8-11,17,20,26-27H,1-7,12-16,18-19H2,(H,31,32)(H,34,35)/t20-,26-,27-/m1/s1. The lowest BCUT2D eigenvalue weighted by Gasteiger charge is -2.30. The zero-order valence-electron chi connectivity index (χ0n) is 21.5. The number of aliphatic carboxylic acids is 1. The maximum Gasteiger partial charge on any atom is 0.325 e. The van der Waals surface area contributed by atoms with Gasteiger partial charge in [0.05, 0.1) is 12.7 Å². The molecule has 200 valence electrons. The molecule has 4 heterocycles. The van der Waals surface area contributed by atoms with Crippen molar-refractivity contribution in [2.24, 2.45) is 5.92 Å². The topological polar surface area (TPSA) is 83.9 Å². The van der Waals surface area contributed by atoms with Gasteiger partial charge in [-0.15, -0.1) is 0 Å². The highest BCUT2D eigenvalue weighted by molar-refractivity contribution is 5.76. The van der Waals surface area contributed by atoms with Crippen molar-refractivity contribution >= 4 is 11.8 Å². The molecule has 2 N–H and O–H groups in total. The normalized spacial score (nSPS) is 22.8. The zero-order valence-corrected chi connectivity index (χ0v) is 21.5. The fourth-order valence-electron chi connectivity index (χ4n) is 5.89. The number of hydrogen-bond donors (Lipinski definition) is 2. The molecule has 7 nitrogen and oxygen atoms in total. The number of benzene rings is 1. The highest BCUT2D eigenvalue weighted by Crippen LogP contribution is 2.37. The third-order valence-corrected chi connectivity index (χ3v) is 7.81. The van der Waals surface area contributed by atoms with Crippen LogP contribution in [0.2, 0.25) is 0 Å². The summed E-state index contributed by atoms with van der Waals surface area (Å²) in [6.07, 6.45) is 7.58. The van der Waals surface area contributed by atoms with Crippen LogP contribution in [0.25, 0.3) is 0 Å². The molecule has 0 aliphatic carbocycles. The summed E-state index contributed by atoms with van der Waals surface area (Å²) in [7, 11) is 0. The van der Waals surface area contributed by atoms with Crippen LogP contribution in [0.4, 0.5) is 10.2 Å². The Morgan fingerprint density at radius 1 is 1.24 bits per heavy atom. The number of carboxylic acids is 1. The molecule has 1 aromatic heterocycles. The first kappa shape index (κ1) is 26.1. The number of carboxylic acid groups (broad SMARTS) is 1. The number of aryl methyl sites for hydroxylation is 2. The summed E-state index contributed by atoms with van der Waals surface area (Å²) >= 11 is 0. The molecule has 8 heteroatoms. The molecule has 3 aliphatic rings. The minimum Gasteiger partial charge on any atom is -0.480 e. The SMILES string of the molecule is O=C(O)[C@@H](c1cc(F)ccc1[C@H]1CCCCO1)N1CC[C@@H](COCCCc2ccc3c(n2)NCCC3)C1. The second-order valence-corrected chi connectivity index (χ2v) is 10.5. The van der Waals surface area contributed by atoms with Crippen molar-refractivity contribution in [3.05, 3.63) is 58.5 Å². The lowest BCUT2D eigenvalue weighted by Crippen LogP contribution is -2.34. The van der Waals surface area contributed by atoms with Gasteiger partial charge in [0, 0.05) is 32.0 Å². The van der Waals surface area contributed by atoms with Gasteiger partial charge in [-0.1, -0.05) is 12.1 Å². The average molecular weight is 512 g/mol. The molecule has 0 unspecified atom stereocenters. The number of pyridine rings is 1. The molecule has 3 atom stereocenters. The van der Waals surface area contributed by atoms with Crippen LogP contribution < -0.4 is 5.32 Å². The lowest BCUT2D eigenvalue weighted by atomic mass is 9.92. The van der Waals surface area contributed by atoms with E-state index < -0.39 is 17.8 Å². The van der Waals surface area contributed by atoms with Gasteiger partial charge in [-0.05, 0) is 98.7 Å². The van der Waals surface area contributed by atoms with Gasteiger partial charge in [0.25, 0.3) is 0 Å². The van der Waals surface area contributed by atoms with Crippen LogP contribution >= 0.6 is 0 Å². The van der Waals surface area contributed by atoms with E-state index in [9.17, 15) is 14.3 Å². The van der Waals surface area contributed by atoms with Crippen LogP contribution in [0.5, 0.6) is 0 Å². The number of ether oxygens (including phenoxy) is 2. The summed E-state index contributed by atoms with van der Waals surface area (Å²) in [6.45, 7) is 4.17. The van der Waals surface area contributed by atoms with Gasteiger partial charge in [-0.25, -0.2) is 9.37 Å². The molecule has 2 saturated heterocycles. The Morgan fingerprint density at radius 3 is 3.00 bits per heavy atom. The second-order valence-electron chi connectivity index (χ2n) is 10.5. The molecule has 0 spiro atoms. The first-order valence-corrected chi connectivity index (χ1v) is 13.8. The van der Waals surface area contributed by atoms with Crippen molar-refractivity contribution in [1.82, 2.24) is 9.88 Å². The second kappa shape index (κ2) is 12.3. The van der Waals surface area contributed by atoms with Crippen molar-refractivity contribution in [2.75, 3.05) is 44.8 Å². The predicted octanol–water partition coefficient (Wildman–Crippen LogP) is 4.92. The minimum absolute atomic E-state index is 0.173. The molecule has 37 heavy (non-hydrogen) atoms. The van der Waals surface area contributed by atoms with E-state index in [0.717, 1.165) is 75.0 Å². The van der Waals surface area contributed by atoms with Crippen molar-refractivity contribution in [3.63, 3.8) is 0 Å². The number of fused-ring (bicyclic) bond motifs is 1. The highest BCUT2D eigenvalue weighted by Gasteiger charge is 2.36. The number of hydrogen-bond acceptors (Lipinski definition) is 6. The number of nitrogens with zero attached hydrogens (tertiary/aromatic N) is 2. The quantitative estimate of drug-likeness (QED) is 0.438. The molecule has 5 rings (SSSR count). The van der Waals surface area contributed by atoms with Crippen LogP contribution in [0, 0.1) is 11.7 Å². The Balaban J connectivity index is 1.13. The molecule has 3 aliphatic heterocycles. The van der Waals surface area contributed by atoms with Crippen LogP contribution in [-0.4, -0.2) is 60.4 Å². The molecule has 2 aromatic rings. The van der Waals surface area contributed by atoms with Gasteiger partial charge in [-0.2, -0.15) is 0 Å². The van der Waals surface area contributed by atoms with Crippen LogP contribution in [0.1, 0.15) is 73.1 Å². The molecule has 2 fully saturated rings. The van der Waals surface area contributed by atoms with E-state index in [-0.39, 0.29) is 12.0 Å². The Bertz CT molecular complexity index is 1080. The minimum atomic E-state index is -0.948. The van der Waals surface area contributed by atoms with Gasteiger partial charge >= 0.3 is 5.97 Å². The summed E-state index contributed by atoms with van der Waals surface area (Å²) in [5.74, 6) is -0.0728. The van der Waals surface area contributed by atoms with E-state index in [1.165, 1.54) is 17.7 Å². The Hall–Kier alpha value is -2.55. The fourth-order valence-corrected chi connectivity index (χ4v) is 5.89. The van der Waals surface area contributed by atoms with Gasteiger partial charge in [0.2, 0.25) is 0 Å². The Labute approximate surface area is 218 Å². The fraction of sp³-hybridized carbons (Fsp3) is 0.586. The van der Waals surface area contributed by atoms with Gasteiger partial charge in [0.15, 0.2) is 0 Å². The van der Waals surface area contributed by atoms with Crippen molar-refractivity contribution in [3.8, 4) is 0 Å². The van der Waals surface area contributed by atoms with Gasteiger partial charge in [0.1, 0.15) is 17.7 Å². The van der Waals surface area contributed by atoms with E-state index in [1.54, 1.807) is 6.07 Å². The number of anilines is 1. The summed E-state index contributed by atoms with van der Waals surface area (Å²) in [6, 6.07) is 7.92. The monoisotopic (exact) mass is 511 g/mol. The number of halogens is 1. The Kier molecular flexibility index (Phi) is 8.69. The van der Waals surface area contributed by atoms with Crippen LogP contribution in [0.3, 0.4) is 0 Å². The first-order valence-electron chi connectivity index (χ1n) is 13.8. The van der Waals surface area contributed by atoms with E-state index in [2.05, 4.69) is 17.4 Å². The van der Waals surface area contributed by atoms with Crippen LogP contribution in [0.15, 0.2) is 30.3 Å². The summed E-state index contributed by atoms with van der Waals surface area (Å²) < 4.78 is 26.2. The van der Waals surface area contributed by atoms with Gasteiger partial charge < -0.3 is 19.9 Å². The number of nitrogens with one attached hydrogen (secondary N) is 1. The van der Waals surface area contributed by atoms with E-state index in [1.807, 2.05) is 4.90 Å². The summed E-state index contributed by atoms with van der Waals surface area (Å²) in [4.78, 5) is 19.1. The number of aromatic nitrogens is 1. The summed E-state index contributed by atoms with van der Waals surface area (Å²) in [5.41, 5.74) is 3.71. The number of likely N-dealkylation sites (tertiary alicyclic amines) is 1. The molecule has 1 aromatic carbocycles. The third-order valence-electron chi connectivity index (χ3n) is 7.81. The molecule has 0 saturated carbocycles. The van der Waals surface area contributed by atoms with Gasteiger partial charge in [-0.3, -0.25) is 9.69 Å². The van der Waals surface area contributed by atoms with Crippen molar-refractivity contribution in [2.45, 2.75) is 63.5 Å². The van der Waals surface area contributed by atoms with E-state index >= 15 is 0 Å². The molecular weight excluding hydrogens is 473 g/mol. The molecule has 0 amide bonds. The van der Waals surface area contributed by atoms with Crippen molar-refractivity contribution < 1.29 is 23.8 Å². The first-order chi connectivity index (χ1) is 18.1. The van der Waals surface area contributed by atoms with Crippen LogP contribution in [-0.2, 0) is 27.1 Å². The largest absolute Gasteiger partial charge is 0.480 e. The predicted molar refractivity (Wildman–Crippen MR) is 139 cm³/mol.